The van der Waals surface area contributed by atoms with E-state index in [0.29, 0.717) is 10.8 Å². The molecular formula is C17H12BrF3N2S. The molecule has 0 fully saturated rings. The van der Waals surface area contributed by atoms with E-state index in [2.05, 4.69) is 26.2 Å². The SMILES string of the molecule is Cc1sc(Nc2cccc(C(F)(F)F)c2)nc1-c1ccc(Br)cc1. The second-order valence-corrected chi connectivity index (χ2v) is 7.25. The fraction of sp³-hybridized carbons (Fsp3) is 0.118. The molecule has 2 nitrogen and oxygen atoms in total. The number of anilines is 2. The highest BCUT2D eigenvalue weighted by molar-refractivity contribution is 9.10. The molecule has 0 aliphatic carbocycles. The summed E-state index contributed by atoms with van der Waals surface area (Å²) in [4.78, 5) is 5.50. The zero-order valence-electron chi connectivity index (χ0n) is 12.5. The van der Waals surface area contributed by atoms with Crippen molar-refractivity contribution in [3.05, 3.63) is 63.4 Å². The molecule has 7 heteroatoms. The van der Waals surface area contributed by atoms with Gasteiger partial charge in [0.15, 0.2) is 5.13 Å². The van der Waals surface area contributed by atoms with Crippen molar-refractivity contribution >= 4 is 38.1 Å². The lowest BCUT2D eigenvalue weighted by Crippen LogP contribution is -2.05. The van der Waals surface area contributed by atoms with E-state index in [1.54, 1.807) is 6.07 Å². The third-order valence-electron chi connectivity index (χ3n) is 3.36. The smallest absolute Gasteiger partial charge is 0.332 e. The van der Waals surface area contributed by atoms with E-state index in [1.807, 2.05) is 31.2 Å². The lowest BCUT2D eigenvalue weighted by Gasteiger charge is -2.08. The summed E-state index contributed by atoms with van der Waals surface area (Å²) in [7, 11) is 0. The van der Waals surface area contributed by atoms with Crippen molar-refractivity contribution in [2.45, 2.75) is 13.1 Å². The lowest BCUT2D eigenvalue weighted by atomic mass is 10.1. The van der Waals surface area contributed by atoms with Crippen LogP contribution in [-0.2, 0) is 6.18 Å². The molecular weight excluding hydrogens is 401 g/mol. The van der Waals surface area contributed by atoms with Crippen LogP contribution < -0.4 is 5.32 Å². The van der Waals surface area contributed by atoms with Crippen LogP contribution in [0.1, 0.15) is 10.4 Å². The second-order valence-electron chi connectivity index (χ2n) is 5.13. The molecule has 1 aromatic heterocycles. The Bertz CT molecular complexity index is 857. The van der Waals surface area contributed by atoms with Crippen LogP contribution >= 0.6 is 27.3 Å². The van der Waals surface area contributed by atoms with Crippen molar-refractivity contribution in [2.75, 3.05) is 5.32 Å². The van der Waals surface area contributed by atoms with Gasteiger partial charge in [-0.15, -0.1) is 11.3 Å². The van der Waals surface area contributed by atoms with Crippen LogP contribution in [0.15, 0.2) is 53.0 Å². The minimum atomic E-state index is -4.36. The van der Waals surface area contributed by atoms with Crippen LogP contribution in [0, 0.1) is 6.92 Å². The standard InChI is InChI=1S/C17H12BrF3N2S/c1-10-15(11-5-7-13(18)8-6-11)23-16(24-10)22-14-4-2-3-12(9-14)17(19,20)21/h2-9H,1H3,(H,22,23). The highest BCUT2D eigenvalue weighted by Crippen LogP contribution is 2.34. The Kier molecular flexibility index (Phi) is 4.64. The second kappa shape index (κ2) is 6.57. The minimum Gasteiger partial charge on any atom is -0.332 e. The number of aromatic nitrogens is 1. The maximum Gasteiger partial charge on any atom is 0.416 e. The molecule has 1 heterocycles. The molecule has 0 amide bonds. The third-order valence-corrected chi connectivity index (χ3v) is 4.77. The Morgan fingerprint density at radius 2 is 1.79 bits per heavy atom. The van der Waals surface area contributed by atoms with E-state index in [-0.39, 0.29) is 0 Å². The van der Waals surface area contributed by atoms with Gasteiger partial charge < -0.3 is 5.32 Å². The summed E-state index contributed by atoms with van der Waals surface area (Å²) < 4.78 is 39.3. The first-order valence-corrected chi connectivity index (χ1v) is 8.61. The Morgan fingerprint density at radius 3 is 2.46 bits per heavy atom. The first kappa shape index (κ1) is 17.0. The fourth-order valence-electron chi connectivity index (χ4n) is 2.22. The number of alkyl halides is 3. The van der Waals surface area contributed by atoms with Gasteiger partial charge in [-0.25, -0.2) is 4.98 Å². The molecule has 0 saturated heterocycles. The zero-order valence-corrected chi connectivity index (χ0v) is 14.9. The Hall–Kier alpha value is -1.86. The largest absolute Gasteiger partial charge is 0.416 e. The molecule has 0 atom stereocenters. The molecule has 124 valence electrons. The zero-order chi connectivity index (χ0) is 17.3. The molecule has 3 aromatic rings. The predicted octanol–water partition coefficient (Wildman–Crippen LogP) is 6.64. The summed E-state index contributed by atoms with van der Waals surface area (Å²) in [5, 5.41) is 3.52. The molecule has 2 aromatic carbocycles. The molecule has 0 aliphatic heterocycles. The van der Waals surface area contributed by atoms with Crippen molar-refractivity contribution in [2.24, 2.45) is 0 Å². The number of hydrogen-bond donors (Lipinski definition) is 1. The first-order valence-electron chi connectivity index (χ1n) is 7.00. The monoisotopic (exact) mass is 412 g/mol. The molecule has 3 rings (SSSR count). The highest BCUT2D eigenvalue weighted by Gasteiger charge is 2.30. The lowest BCUT2D eigenvalue weighted by molar-refractivity contribution is -0.137. The van der Waals surface area contributed by atoms with Crippen LogP contribution in [-0.4, -0.2) is 4.98 Å². The summed E-state index contributed by atoms with van der Waals surface area (Å²) in [6, 6.07) is 12.8. The molecule has 0 aliphatic rings. The highest BCUT2D eigenvalue weighted by atomic mass is 79.9. The molecule has 0 bridgehead atoms. The first-order chi connectivity index (χ1) is 11.3. The van der Waals surface area contributed by atoms with Gasteiger partial charge in [0.2, 0.25) is 0 Å². The van der Waals surface area contributed by atoms with Crippen LogP contribution in [0.3, 0.4) is 0 Å². The molecule has 0 radical (unpaired) electrons. The van der Waals surface area contributed by atoms with Crippen molar-refractivity contribution < 1.29 is 13.2 Å². The van der Waals surface area contributed by atoms with Crippen LogP contribution in [0.5, 0.6) is 0 Å². The molecule has 0 saturated carbocycles. The number of nitrogens with zero attached hydrogens (tertiary/aromatic N) is 1. The third kappa shape index (κ3) is 3.79. The van der Waals surface area contributed by atoms with Gasteiger partial charge in [-0.3, -0.25) is 0 Å². The summed E-state index contributed by atoms with van der Waals surface area (Å²) in [5.74, 6) is 0. The van der Waals surface area contributed by atoms with Gasteiger partial charge in [-0.2, -0.15) is 13.2 Å². The van der Waals surface area contributed by atoms with Gasteiger partial charge >= 0.3 is 6.18 Å². The fourth-order valence-corrected chi connectivity index (χ4v) is 3.34. The van der Waals surface area contributed by atoms with Crippen LogP contribution in [0.4, 0.5) is 24.0 Å². The normalized spacial score (nSPS) is 11.5. The molecule has 0 spiro atoms. The van der Waals surface area contributed by atoms with E-state index < -0.39 is 11.7 Å². The average molecular weight is 413 g/mol. The van der Waals surface area contributed by atoms with E-state index in [0.717, 1.165) is 32.7 Å². The Morgan fingerprint density at radius 1 is 1.08 bits per heavy atom. The predicted molar refractivity (Wildman–Crippen MR) is 94.7 cm³/mol. The maximum atomic E-state index is 12.8. The van der Waals surface area contributed by atoms with Crippen molar-refractivity contribution in [3.63, 3.8) is 0 Å². The summed E-state index contributed by atoms with van der Waals surface area (Å²) in [6.45, 7) is 1.94. The van der Waals surface area contributed by atoms with E-state index in [1.165, 1.54) is 17.4 Å². The topological polar surface area (TPSA) is 24.9 Å². The average Bonchev–Trinajstić information content (AvgIpc) is 2.88. The van der Waals surface area contributed by atoms with Gasteiger partial charge in [0, 0.05) is 20.6 Å². The molecule has 24 heavy (non-hydrogen) atoms. The number of aryl methyl sites for hydroxylation is 1. The summed E-state index contributed by atoms with van der Waals surface area (Å²) in [5.41, 5.74) is 1.46. The Balaban J connectivity index is 1.87. The number of halogens is 4. The molecule has 1 N–H and O–H groups in total. The van der Waals surface area contributed by atoms with Crippen molar-refractivity contribution in [1.29, 1.82) is 0 Å². The number of hydrogen-bond acceptors (Lipinski definition) is 3. The van der Waals surface area contributed by atoms with Crippen LogP contribution in [0.2, 0.25) is 0 Å². The maximum absolute atomic E-state index is 12.8. The van der Waals surface area contributed by atoms with E-state index in [9.17, 15) is 13.2 Å². The van der Waals surface area contributed by atoms with Gasteiger partial charge in [0.25, 0.3) is 0 Å². The molecule has 0 unspecified atom stereocenters. The quantitative estimate of drug-likeness (QED) is 0.521. The van der Waals surface area contributed by atoms with Gasteiger partial charge in [-0.1, -0.05) is 34.1 Å². The Labute approximate surface area is 149 Å². The van der Waals surface area contributed by atoms with Crippen molar-refractivity contribution in [3.8, 4) is 11.3 Å². The van der Waals surface area contributed by atoms with Crippen LogP contribution in [0.25, 0.3) is 11.3 Å². The number of benzene rings is 2. The summed E-state index contributed by atoms with van der Waals surface area (Å²) >= 11 is 4.79. The summed E-state index contributed by atoms with van der Waals surface area (Å²) in [6.07, 6.45) is -4.36. The van der Waals surface area contributed by atoms with Gasteiger partial charge in [-0.05, 0) is 37.3 Å². The van der Waals surface area contributed by atoms with Crippen molar-refractivity contribution in [1.82, 2.24) is 4.98 Å². The van der Waals surface area contributed by atoms with Gasteiger partial charge in [0.05, 0.1) is 11.3 Å². The van der Waals surface area contributed by atoms with Gasteiger partial charge in [0.1, 0.15) is 0 Å². The van der Waals surface area contributed by atoms with E-state index in [4.69, 9.17) is 0 Å². The number of nitrogens with one attached hydrogen (secondary N) is 1. The van der Waals surface area contributed by atoms with E-state index >= 15 is 0 Å². The number of thiazole rings is 1. The number of rotatable bonds is 3. The minimum absolute atomic E-state index is 0.362.